The van der Waals surface area contributed by atoms with E-state index >= 15 is 0 Å². The molecule has 1 aromatic carbocycles. The third kappa shape index (κ3) is 3.93. The fourth-order valence-corrected chi connectivity index (χ4v) is 1.48. The van der Waals surface area contributed by atoms with E-state index in [2.05, 4.69) is 0 Å². The maximum absolute atomic E-state index is 9.11. The summed E-state index contributed by atoms with van der Waals surface area (Å²) in [6, 6.07) is 5.73. The molecule has 0 spiro atoms. The summed E-state index contributed by atoms with van der Waals surface area (Å²) in [5.74, 6) is 2.39. The molecule has 1 radical (unpaired) electrons. The van der Waals surface area contributed by atoms with Crippen molar-refractivity contribution in [1.29, 1.82) is 0 Å². The number of rotatable bonds is 6. The number of ether oxygens (including phenoxy) is 2. The van der Waals surface area contributed by atoms with Gasteiger partial charge >= 0.3 is 0 Å². The Morgan fingerprint density at radius 1 is 1.29 bits per heavy atom. The average molecular weight is 237 g/mol. The molecule has 0 atom stereocenters. The lowest BCUT2D eigenvalue weighted by Gasteiger charge is -2.16. The lowest BCUT2D eigenvalue weighted by atomic mass is 10.0. The zero-order chi connectivity index (χ0) is 12.8. The molecule has 0 amide bonds. The van der Waals surface area contributed by atoms with Gasteiger partial charge in [0.25, 0.3) is 0 Å². The molecule has 0 aliphatic heterocycles. The zero-order valence-corrected chi connectivity index (χ0v) is 11.0. The van der Waals surface area contributed by atoms with Crippen molar-refractivity contribution in [2.24, 2.45) is 0 Å². The van der Waals surface area contributed by atoms with E-state index in [4.69, 9.17) is 14.6 Å². The molecule has 1 aromatic rings. The van der Waals surface area contributed by atoms with Crippen LogP contribution >= 0.6 is 0 Å². The van der Waals surface area contributed by atoms with Gasteiger partial charge in [0.1, 0.15) is 0 Å². The number of hydrogen-bond donors (Lipinski definition) is 1. The van der Waals surface area contributed by atoms with Gasteiger partial charge in [-0.2, -0.15) is 0 Å². The standard InChI is InChI=1S/C14H21O3/c1-5-16-14-8-12(11(4)9-15)6-7-13(14)17-10(2)3/h6-8,10,15H,5,9H2,1-4H3. The van der Waals surface area contributed by atoms with Gasteiger partial charge in [0, 0.05) is 5.92 Å². The molecular weight excluding hydrogens is 216 g/mol. The summed E-state index contributed by atoms with van der Waals surface area (Å²) < 4.78 is 11.2. The Balaban J connectivity index is 2.98. The second-order valence-electron chi connectivity index (χ2n) is 4.20. The number of aliphatic hydroxyl groups excluding tert-OH is 1. The first-order valence-corrected chi connectivity index (χ1v) is 5.95. The maximum Gasteiger partial charge on any atom is 0.161 e. The normalized spacial score (nSPS) is 11.0. The molecule has 0 fully saturated rings. The van der Waals surface area contributed by atoms with Crippen molar-refractivity contribution < 1.29 is 14.6 Å². The molecule has 0 aliphatic carbocycles. The van der Waals surface area contributed by atoms with Crippen LogP contribution in [0.25, 0.3) is 0 Å². The van der Waals surface area contributed by atoms with Crippen molar-refractivity contribution in [2.45, 2.75) is 33.8 Å². The SMILES string of the molecule is CCOc1cc([C](C)CO)ccc1OC(C)C. The van der Waals surface area contributed by atoms with Crippen molar-refractivity contribution in [3.8, 4) is 11.5 Å². The Hall–Kier alpha value is -1.22. The molecule has 0 aliphatic rings. The Bertz CT molecular complexity index is 347. The molecule has 0 unspecified atom stereocenters. The molecule has 0 saturated heterocycles. The molecule has 95 valence electrons. The van der Waals surface area contributed by atoms with E-state index in [1.807, 2.05) is 45.9 Å². The molecule has 1 rings (SSSR count). The Kier molecular flexibility index (Phi) is 5.29. The monoisotopic (exact) mass is 237 g/mol. The Morgan fingerprint density at radius 2 is 2.00 bits per heavy atom. The van der Waals surface area contributed by atoms with Crippen molar-refractivity contribution in [3.05, 3.63) is 29.7 Å². The predicted octanol–water partition coefficient (Wildman–Crippen LogP) is 2.81. The molecule has 0 heterocycles. The molecular formula is C14H21O3. The van der Waals surface area contributed by atoms with Crippen LogP contribution in [0.4, 0.5) is 0 Å². The summed E-state index contributed by atoms with van der Waals surface area (Å²) in [5, 5.41) is 9.11. The summed E-state index contributed by atoms with van der Waals surface area (Å²) in [6.45, 7) is 8.44. The first kappa shape index (κ1) is 13.8. The summed E-state index contributed by atoms with van der Waals surface area (Å²) in [6.07, 6.45) is 0.114. The van der Waals surface area contributed by atoms with E-state index in [1.54, 1.807) is 0 Å². The van der Waals surface area contributed by atoms with E-state index < -0.39 is 0 Å². The molecule has 1 N–H and O–H groups in total. The van der Waals surface area contributed by atoms with Gasteiger partial charge in [0.2, 0.25) is 0 Å². The van der Waals surface area contributed by atoms with Gasteiger partial charge < -0.3 is 14.6 Å². The minimum absolute atomic E-state index is 0.0515. The third-order valence-electron chi connectivity index (χ3n) is 2.34. The largest absolute Gasteiger partial charge is 0.490 e. The van der Waals surface area contributed by atoms with Crippen LogP contribution in [-0.2, 0) is 0 Å². The summed E-state index contributed by atoms with van der Waals surface area (Å²) in [4.78, 5) is 0. The van der Waals surface area contributed by atoms with Crippen LogP contribution in [0.1, 0.15) is 33.3 Å². The predicted molar refractivity (Wildman–Crippen MR) is 68.5 cm³/mol. The van der Waals surface area contributed by atoms with Gasteiger partial charge in [-0.05, 0) is 38.5 Å². The fourth-order valence-electron chi connectivity index (χ4n) is 1.48. The third-order valence-corrected chi connectivity index (χ3v) is 2.34. The average Bonchev–Trinajstić information content (AvgIpc) is 2.30. The van der Waals surface area contributed by atoms with Gasteiger partial charge in [-0.15, -0.1) is 0 Å². The highest BCUT2D eigenvalue weighted by Gasteiger charge is 2.11. The van der Waals surface area contributed by atoms with E-state index in [9.17, 15) is 0 Å². The van der Waals surface area contributed by atoms with E-state index in [0.717, 1.165) is 23.0 Å². The molecule has 0 saturated carbocycles. The lowest BCUT2D eigenvalue weighted by molar-refractivity contribution is 0.223. The minimum atomic E-state index is 0.0515. The summed E-state index contributed by atoms with van der Waals surface area (Å²) >= 11 is 0. The second-order valence-corrected chi connectivity index (χ2v) is 4.20. The number of hydrogen-bond acceptors (Lipinski definition) is 3. The Morgan fingerprint density at radius 3 is 2.53 bits per heavy atom. The van der Waals surface area contributed by atoms with Gasteiger partial charge in [-0.3, -0.25) is 0 Å². The minimum Gasteiger partial charge on any atom is -0.490 e. The van der Waals surface area contributed by atoms with Gasteiger partial charge in [-0.1, -0.05) is 13.0 Å². The first-order valence-electron chi connectivity index (χ1n) is 5.95. The molecule has 3 nitrogen and oxygen atoms in total. The van der Waals surface area contributed by atoms with Crippen molar-refractivity contribution >= 4 is 0 Å². The van der Waals surface area contributed by atoms with E-state index in [0.29, 0.717) is 6.61 Å². The van der Waals surface area contributed by atoms with Crippen molar-refractivity contribution in [3.63, 3.8) is 0 Å². The van der Waals surface area contributed by atoms with Crippen LogP contribution in [0.3, 0.4) is 0 Å². The van der Waals surface area contributed by atoms with Crippen molar-refractivity contribution in [1.82, 2.24) is 0 Å². The van der Waals surface area contributed by atoms with Gasteiger partial charge in [-0.25, -0.2) is 0 Å². The van der Waals surface area contributed by atoms with Crippen LogP contribution < -0.4 is 9.47 Å². The second kappa shape index (κ2) is 6.50. The first-order chi connectivity index (χ1) is 8.08. The van der Waals surface area contributed by atoms with Crippen LogP contribution in [0, 0.1) is 5.92 Å². The van der Waals surface area contributed by atoms with Gasteiger partial charge in [0.05, 0.1) is 19.3 Å². The lowest BCUT2D eigenvalue weighted by Crippen LogP contribution is -2.08. The van der Waals surface area contributed by atoms with E-state index in [-0.39, 0.29) is 12.7 Å². The number of aliphatic hydroxyl groups is 1. The molecule has 3 heteroatoms. The molecule has 0 bridgehead atoms. The smallest absolute Gasteiger partial charge is 0.161 e. The number of benzene rings is 1. The quantitative estimate of drug-likeness (QED) is 0.826. The van der Waals surface area contributed by atoms with Gasteiger partial charge in [0.15, 0.2) is 11.5 Å². The van der Waals surface area contributed by atoms with Crippen molar-refractivity contribution in [2.75, 3.05) is 13.2 Å². The summed E-state index contributed by atoms with van der Waals surface area (Å²) in [7, 11) is 0. The van der Waals surface area contributed by atoms with Crippen LogP contribution in [-0.4, -0.2) is 24.4 Å². The van der Waals surface area contributed by atoms with Crippen LogP contribution in [0.15, 0.2) is 18.2 Å². The Labute approximate surface area is 103 Å². The molecule has 17 heavy (non-hydrogen) atoms. The van der Waals surface area contributed by atoms with E-state index in [1.165, 1.54) is 0 Å². The highest BCUT2D eigenvalue weighted by molar-refractivity contribution is 5.46. The van der Waals surface area contributed by atoms with Crippen LogP contribution in [0.5, 0.6) is 11.5 Å². The topological polar surface area (TPSA) is 38.7 Å². The zero-order valence-electron chi connectivity index (χ0n) is 11.0. The maximum atomic E-state index is 9.11. The fraction of sp³-hybridized carbons (Fsp3) is 0.500. The highest BCUT2D eigenvalue weighted by atomic mass is 16.5. The summed E-state index contributed by atoms with van der Waals surface area (Å²) in [5.41, 5.74) is 0.979. The highest BCUT2D eigenvalue weighted by Crippen LogP contribution is 2.31. The molecule has 0 aromatic heterocycles. The van der Waals surface area contributed by atoms with Crippen LogP contribution in [0.2, 0.25) is 0 Å².